The molecule has 1 atom stereocenters. The number of allylic oxidation sites excluding steroid dienone is 2. The lowest BCUT2D eigenvalue weighted by atomic mass is 9.93. The maximum absolute atomic E-state index is 11.7. The highest BCUT2D eigenvalue weighted by Crippen LogP contribution is 2.42. The minimum Gasteiger partial charge on any atom is -0.478 e. The Balaban J connectivity index is 1.73. The Morgan fingerprint density at radius 3 is 2.62 bits per heavy atom. The number of anilines is 2. The Morgan fingerprint density at radius 1 is 1.15 bits per heavy atom. The molecule has 0 aromatic heterocycles. The molecule has 0 spiro atoms. The first kappa shape index (κ1) is 22.9. The molecule has 0 saturated carbocycles. The van der Waals surface area contributed by atoms with Crippen molar-refractivity contribution in [1.82, 2.24) is 0 Å². The lowest BCUT2D eigenvalue weighted by Crippen LogP contribution is -2.14. The summed E-state index contributed by atoms with van der Waals surface area (Å²) in [6, 6.07) is 16.5. The van der Waals surface area contributed by atoms with Crippen LogP contribution in [-0.2, 0) is 0 Å². The fraction of sp³-hybridized carbons (Fsp3) is 0.143. The quantitative estimate of drug-likeness (QED) is 0.313. The maximum Gasteiger partial charge on any atom is 0.337 e. The molecule has 1 unspecified atom stereocenters. The van der Waals surface area contributed by atoms with Crippen LogP contribution < -0.4 is 15.4 Å². The smallest absolute Gasteiger partial charge is 0.337 e. The van der Waals surface area contributed by atoms with Gasteiger partial charge in [0.1, 0.15) is 11.5 Å². The molecule has 3 aromatic carbocycles. The topological polar surface area (TPSA) is 94.4 Å². The normalized spacial score (nSPS) is 13.3. The summed E-state index contributed by atoms with van der Waals surface area (Å²) in [4.78, 5) is 11.7. The molecule has 6 nitrogen and oxygen atoms in total. The highest BCUT2D eigenvalue weighted by Gasteiger charge is 2.24. The monoisotopic (exact) mass is 453 g/mol. The number of aryl methyl sites for hydroxylation is 1. The molecule has 0 fully saturated rings. The Labute approximate surface area is 199 Å². The summed E-state index contributed by atoms with van der Waals surface area (Å²) in [5, 5.41) is 23.7. The molecule has 0 bridgehead atoms. The van der Waals surface area contributed by atoms with Gasteiger partial charge in [-0.1, -0.05) is 24.8 Å². The van der Waals surface area contributed by atoms with E-state index in [1.165, 1.54) is 6.21 Å². The molecule has 6 heteroatoms. The number of ether oxygens (including phenoxy) is 1. The second-order valence-corrected chi connectivity index (χ2v) is 8.28. The fourth-order valence-electron chi connectivity index (χ4n) is 4.16. The van der Waals surface area contributed by atoms with E-state index >= 15 is 0 Å². The van der Waals surface area contributed by atoms with Crippen LogP contribution in [0.4, 0.5) is 11.4 Å². The number of fused-ring (bicyclic) bond motifs is 1. The van der Waals surface area contributed by atoms with Gasteiger partial charge in [0.15, 0.2) is 0 Å². The van der Waals surface area contributed by atoms with Crippen molar-refractivity contribution < 1.29 is 14.6 Å². The Kier molecular flexibility index (Phi) is 6.23. The lowest BCUT2D eigenvalue weighted by molar-refractivity contribution is 0.0698. The summed E-state index contributed by atoms with van der Waals surface area (Å²) in [5.41, 5.74) is 6.90. The van der Waals surface area contributed by atoms with E-state index in [2.05, 4.69) is 17.2 Å². The summed E-state index contributed by atoms with van der Waals surface area (Å²) in [5.74, 6) is 0.352. The van der Waals surface area contributed by atoms with Crippen LogP contribution in [0.15, 0.2) is 67.3 Å². The van der Waals surface area contributed by atoms with Crippen LogP contribution in [-0.4, -0.2) is 24.3 Å². The van der Waals surface area contributed by atoms with E-state index in [-0.39, 0.29) is 11.6 Å². The van der Waals surface area contributed by atoms with Gasteiger partial charge in [0, 0.05) is 46.9 Å². The van der Waals surface area contributed by atoms with Gasteiger partial charge in [0.2, 0.25) is 0 Å². The van der Waals surface area contributed by atoms with E-state index in [9.17, 15) is 9.90 Å². The summed E-state index contributed by atoms with van der Waals surface area (Å²) >= 11 is 0. The average molecular weight is 454 g/mol. The molecule has 1 heterocycles. The highest BCUT2D eigenvalue weighted by molar-refractivity contribution is 5.94. The van der Waals surface area contributed by atoms with Gasteiger partial charge in [0.25, 0.3) is 0 Å². The molecule has 0 aliphatic carbocycles. The predicted molar refractivity (Wildman–Crippen MR) is 138 cm³/mol. The van der Waals surface area contributed by atoms with Gasteiger partial charge >= 0.3 is 5.97 Å². The summed E-state index contributed by atoms with van der Waals surface area (Å²) in [7, 11) is 1.82. The van der Waals surface area contributed by atoms with Crippen molar-refractivity contribution in [3.05, 3.63) is 101 Å². The molecule has 172 valence electrons. The van der Waals surface area contributed by atoms with Crippen LogP contribution in [0, 0.1) is 12.3 Å². The summed E-state index contributed by atoms with van der Waals surface area (Å²) in [6.45, 7) is 8.25. The van der Waals surface area contributed by atoms with Gasteiger partial charge in [-0.05, 0) is 67.5 Å². The molecule has 1 aliphatic rings. The summed E-state index contributed by atoms with van der Waals surface area (Å²) < 4.78 is 6.43. The van der Waals surface area contributed by atoms with E-state index in [4.69, 9.17) is 10.1 Å². The zero-order chi connectivity index (χ0) is 24.4. The molecule has 1 aliphatic heterocycles. The van der Waals surface area contributed by atoms with Crippen LogP contribution in [0.3, 0.4) is 0 Å². The first-order valence-corrected chi connectivity index (χ1v) is 11.0. The Hall–Kier alpha value is -4.32. The van der Waals surface area contributed by atoms with Gasteiger partial charge < -0.3 is 25.9 Å². The third-order valence-electron chi connectivity index (χ3n) is 5.88. The average Bonchev–Trinajstić information content (AvgIpc) is 2.83. The first-order chi connectivity index (χ1) is 16.3. The van der Waals surface area contributed by atoms with Gasteiger partial charge in [-0.2, -0.15) is 0 Å². The number of hydrogen-bond donors (Lipinski definition) is 4. The van der Waals surface area contributed by atoms with Crippen molar-refractivity contribution in [2.75, 3.05) is 17.7 Å². The summed E-state index contributed by atoms with van der Waals surface area (Å²) in [6.07, 6.45) is 3.22. The predicted octanol–water partition coefficient (Wildman–Crippen LogP) is 6.35. The van der Waals surface area contributed by atoms with E-state index in [0.717, 1.165) is 39.1 Å². The second kappa shape index (κ2) is 9.27. The standard InChI is InChI=1S/C28H27N3O3/c1-16-11-22-17(2)13-26(19-9-10-24(30-4)20(14-19)15-29)34-27(22)23(12-16)18(3)31-25-8-6-5-7-21(25)28(32)33/h5-15,18,29-31H,2H2,1,3-4H3,(H,32,33). The molecule has 0 amide bonds. The van der Waals surface area contributed by atoms with E-state index in [1.807, 2.05) is 63.4 Å². The molecular weight excluding hydrogens is 426 g/mol. The number of benzene rings is 3. The van der Waals surface area contributed by atoms with E-state index in [1.54, 1.807) is 18.2 Å². The van der Waals surface area contributed by atoms with Gasteiger partial charge in [-0.15, -0.1) is 0 Å². The second-order valence-electron chi connectivity index (χ2n) is 8.28. The fourth-order valence-corrected chi connectivity index (χ4v) is 4.16. The Bertz CT molecular complexity index is 1340. The number of carbonyl (C=O) groups is 1. The molecule has 4 rings (SSSR count). The van der Waals surface area contributed by atoms with Crippen LogP contribution in [0.5, 0.6) is 5.75 Å². The molecular formula is C28H27N3O3. The number of nitrogens with one attached hydrogen (secondary N) is 3. The highest BCUT2D eigenvalue weighted by atomic mass is 16.5. The minimum absolute atomic E-state index is 0.214. The van der Waals surface area contributed by atoms with Gasteiger partial charge in [0.05, 0.1) is 11.6 Å². The third-order valence-corrected chi connectivity index (χ3v) is 5.88. The van der Waals surface area contributed by atoms with E-state index < -0.39 is 5.97 Å². The van der Waals surface area contributed by atoms with Gasteiger partial charge in [-0.25, -0.2) is 4.79 Å². The number of rotatable bonds is 7. The zero-order valence-corrected chi connectivity index (χ0v) is 19.4. The maximum atomic E-state index is 11.7. The van der Waals surface area contributed by atoms with Crippen molar-refractivity contribution in [2.45, 2.75) is 19.9 Å². The van der Waals surface area contributed by atoms with Crippen molar-refractivity contribution in [2.24, 2.45) is 0 Å². The van der Waals surface area contributed by atoms with Crippen molar-refractivity contribution in [3.8, 4) is 5.75 Å². The zero-order valence-electron chi connectivity index (χ0n) is 19.4. The van der Waals surface area contributed by atoms with Crippen molar-refractivity contribution in [3.63, 3.8) is 0 Å². The van der Waals surface area contributed by atoms with Crippen LogP contribution in [0.2, 0.25) is 0 Å². The van der Waals surface area contributed by atoms with Crippen molar-refractivity contribution in [1.29, 1.82) is 5.41 Å². The minimum atomic E-state index is -0.983. The van der Waals surface area contributed by atoms with Crippen molar-refractivity contribution >= 4 is 34.9 Å². The van der Waals surface area contributed by atoms with Crippen LogP contribution >= 0.6 is 0 Å². The SMILES string of the molecule is C=C1C=C(c2ccc(NC)c(C=N)c2)Oc2c1cc(C)cc2C(C)Nc1ccccc1C(=O)O. The first-order valence-electron chi connectivity index (χ1n) is 11.0. The molecule has 0 radical (unpaired) electrons. The largest absolute Gasteiger partial charge is 0.478 e. The number of carboxylic acid groups (broad SMARTS) is 1. The lowest BCUT2D eigenvalue weighted by Gasteiger charge is -2.27. The van der Waals surface area contributed by atoms with E-state index in [0.29, 0.717) is 17.2 Å². The Morgan fingerprint density at radius 2 is 1.91 bits per heavy atom. The molecule has 4 N–H and O–H groups in total. The third kappa shape index (κ3) is 4.30. The number of hydrogen-bond acceptors (Lipinski definition) is 5. The number of aromatic carboxylic acids is 1. The molecule has 0 saturated heterocycles. The molecule has 3 aromatic rings. The number of para-hydroxylation sites is 1. The van der Waals surface area contributed by atoms with Gasteiger partial charge in [-0.3, -0.25) is 0 Å². The molecule has 34 heavy (non-hydrogen) atoms. The van der Waals surface area contributed by atoms with Crippen LogP contribution in [0.1, 0.15) is 51.1 Å². The number of carboxylic acids is 1. The van der Waals surface area contributed by atoms with Crippen LogP contribution in [0.25, 0.3) is 11.3 Å².